The first-order valence-electron chi connectivity index (χ1n) is 6.09. The summed E-state index contributed by atoms with van der Waals surface area (Å²) in [7, 11) is 0. The maximum atomic E-state index is 11.8. The van der Waals surface area contributed by atoms with Gasteiger partial charge in [0.15, 0.2) is 5.78 Å². The summed E-state index contributed by atoms with van der Waals surface area (Å²) < 4.78 is 10.7. The van der Waals surface area contributed by atoms with Crippen molar-refractivity contribution in [1.29, 1.82) is 0 Å². The molecule has 0 radical (unpaired) electrons. The van der Waals surface area contributed by atoms with Crippen LogP contribution in [0.5, 0.6) is 0 Å². The molecule has 4 heteroatoms. The highest BCUT2D eigenvalue weighted by atomic mass is 16.7. The lowest BCUT2D eigenvalue weighted by Crippen LogP contribution is -2.31. The molecule has 0 bridgehead atoms. The van der Waals surface area contributed by atoms with E-state index >= 15 is 0 Å². The first-order valence-corrected chi connectivity index (χ1v) is 6.09. The van der Waals surface area contributed by atoms with E-state index in [0.717, 1.165) is 11.3 Å². The third-order valence-electron chi connectivity index (χ3n) is 3.37. The maximum Gasteiger partial charge on any atom is 0.305 e. The van der Waals surface area contributed by atoms with Gasteiger partial charge in [-0.3, -0.25) is 9.59 Å². The van der Waals surface area contributed by atoms with Crippen molar-refractivity contribution in [1.82, 2.24) is 0 Å². The number of hydrogen-bond acceptors (Lipinski definition) is 4. The second kappa shape index (κ2) is 4.51. The standard InChI is InChI=1S/C13H18O4/c1-7(2)9-6-12(16-8(3)14)17-11-5-4-10(15)13(9)11/h7,9,12H,4-6H2,1-3H3/t9-,12-/m0/s1. The second-order valence-corrected chi connectivity index (χ2v) is 5.00. The Balaban J connectivity index is 2.22. The van der Waals surface area contributed by atoms with Gasteiger partial charge in [-0.2, -0.15) is 0 Å². The number of hydrogen-bond donors (Lipinski definition) is 0. The van der Waals surface area contributed by atoms with E-state index in [-0.39, 0.29) is 17.7 Å². The normalized spacial score (nSPS) is 28.1. The van der Waals surface area contributed by atoms with Crippen molar-refractivity contribution in [3.63, 3.8) is 0 Å². The van der Waals surface area contributed by atoms with Gasteiger partial charge in [-0.1, -0.05) is 13.8 Å². The summed E-state index contributed by atoms with van der Waals surface area (Å²) in [5.74, 6) is 1.10. The number of rotatable bonds is 2. The Bertz CT molecular complexity index is 381. The van der Waals surface area contributed by atoms with E-state index in [1.807, 2.05) is 0 Å². The zero-order chi connectivity index (χ0) is 12.6. The van der Waals surface area contributed by atoms with E-state index in [9.17, 15) is 9.59 Å². The van der Waals surface area contributed by atoms with Gasteiger partial charge in [0.1, 0.15) is 5.76 Å². The van der Waals surface area contributed by atoms with E-state index in [1.165, 1.54) is 6.92 Å². The summed E-state index contributed by atoms with van der Waals surface area (Å²) in [6.45, 7) is 5.53. The van der Waals surface area contributed by atoms with Crippen LogP contribution >= 0.6 is 0 Å². The van der Waals surface area contributed by atoms with Crippen molar-refractivity contribution in [2.45, 2.75) is 46.3 Å². The molecular formula is C13H18O4. The summed E-state index contributed by atoms with van der Waals surface area (Å²) in [4.78, 5) is 22.8. The fraction of sp³-hybridized carbons (Fsp3) is 0.692. The van der Waals surface area contributed by atoms with E-state index in [0.29, 0.717) is 25.2 Å². The van der Waals surface area contributed by atoms with Crippen molar-refractivity contribution < 1.29 is 19.1 Å². The molecule has 0 amide bonds. The molecule has 94 valence electrons. The summed E-state index contributed by atoms with van der Waals surface area (Å²) in [5.41, 5.74) is 0.836. The third kappa shape index (κ3) is 2.35. The van der Waals surface area contributed by atoms with Crippen LogP contribution < -0.4 is 0 Å². The first kappa shape index (κ1) is 12.1. The Kier molecular flexibility index (Phi) is 3.22. The summed E-state index contributed by atoms with van der Waals surface area (Å²) in [5, 5.41) is 0. The molecule has 1 aliphatic carbocycles. The van der Waals surface area contributed by atoms with E-state index < -0.39 is 6.29 Å². The van der Waals surface area contributed by atoms with Crippen LogP contribution in [-0.4, -0.2) is 18.0 Å². The lowest BCUT2D eigenvalue weighted by molar-refractivity contribution is -0.175. The highest BCUT2D eigenvalue weighted by molar-refractivity contribution is 5.99. The van der Waals surface area contributed by atoms with Crippen molar-refractivity contribution in [3.05, 3.63) is 11.3 Å². The van der Waals surface area contributed by atoms with E-state index in [1.54, 1.807) is 0 Å². The molecule has 0 unspecified atom stereocenters. The number of carbonyl (C=O) groups is 2. The quantitative estimate of drug-likeness (QED) is 0.692. The molecule has 2 atom stereocenters. The van der Waals surface area contributed by atoms with Gasteiger partial charge in [-0.25, -0.2) is 0 Å². The molecule has 0 saturated carbocycles. The molecule has 2 aliphatic rings. The molecule has 0 aromatic heterocycles. The minimum absolute atomic E-state index is 0.151. The predicted octanol–water partition coefficient (Wildman–Crippen LogP) is 2.19. The van der Waals surface area contributed by atoms with Crippen LogP contribution in [0.3, 0.4) is 0 Å². The van der Waals surface area contributed by atoms with Gasteiger partial charge in [0.05, 0.1) is 0 Å². The van der Waals surface area contributed by atoms with Crippen LogP contribution in [0.1, 0.15) is 40.0 Å². The molecule has 2 rings (SSSR count). The Morgan fingerprint density at radius 1 is 1.41 bits per heavy atom. The molecule has 0 saturated heterocycles. The molecular weight excluding hydrogens is 220 g/mol. The largest absolute Gasteiger partial charge is 0.459 e. The molecule has 0 aromatic rings. The van der Waals surface area contributed by atoms with Crippen molar-refractivity contribution >= 4 is 11.8 Å². The lowest BCUT2D eigenvalue weighted by atomic mass is 9.83. The summed E-state index contributed by atoms with van der Waals surface area (Å²) in [6.07, 6.45) is 1.24. The predicted molar refractivity (Wildman–Crippen MR) is 60.9 cm³/mol. The Morgan fingerprint density at radius 3 is 2.71 bits per heavy atom. The molecule has 1 aliphatic heterocycles. The molecule has 0 fully saturated rings. The molecule has 17 heavy (non-hydrogen) atoms. The van der Waals surface area contributed by atoms with Crippen molar-refractivity contribution in [3.8, 4) is 0 Å². The van der Waals surface area contributed by atoms with Gasteiger partial charge in [-0.05, 0) is 5.92 Å². The number of ether oxygens (including phenoxy) is 2. The Labute approximate surface area is 101 Å². The number of allylic oxidation sites excluding steroid dienone is 2. The fourth-order valence-electron chi connectivity index (χ4n) is 2.58. The minimum Gasteiger partial charge on any atom is -0.459 e. The third-order valence-corrected chi connectivity index (χ3v) is 3.37. The summed E-state index contributed by atoms with van der Waals surface area (Å²) >= 11 is 0. The van der Waals surface area contributed by atoms with Crippen molar-refractivity contribution in [2.24, 2.45) is 11.8 Å². The van der Waals surface area contributed by atoms with Crippen LogP contribution in [0.25, 0.3) is 0 Å². The van der Waals surface area contributed by atoms with Gasteiger partial charge in [0, 0.05) is 37.7 Å². The highest BCUT2D eigenvalue weighted by Crippen LogP contribution is 2.41. The van der Waals surface area contributed by atoms with Gasteiger partial charge < -0.3 is 9.47 Å². The smallest absolute Gasteiger partial charge is 0.305 e. The molecule has 0 aromatic carbocycles. The topological polar surface area (TPSA) is 52.6 Å². The van der Waals surface area contributed by atoms with Gasteiger partial charge in [0.25, 0.3) is 0 Å². The highest BCUT2D eigenvalue weighted by Gasteiger charge is 2.39. The van der Waals surface area contributed by atoms with Crippen LogP contribution in [-0.2, 0) is 19.1 Å². The molecule has 1 heterocycles. The van der Waals surface area contributed by atoms with Crippen LogP contribution in [0.4, 0.5) is 0 Å². The second-order valence-electron chi connectivity index (χ2n) is 5.00. The molecule has 0 N–H and O–H groups in total. The lowest BCUT2D eigenvalue weighted by Gasteiger charge is -2.32. The maximum absolute atomic E-state index is 11.8. The number of esters is 1. The monoisotopic (exact) mass is 238 g/mol. The summed E-state index contributed by atoms with van der Waals surface area (Å²) in [6, 6.07) is 0. The fourth-order valence-corrected chi connectivity index (χ4v) is 2.58. The minimum atomic E-state index is -0.524. The zero-order valence-electron chi connectivity index (χ0n) is 10.5. The SMILES string of the molecule is CC(=O)O[C@@H]1C[C@@H](C(C)C)C2=C(CCC2=O)O1. The average molecular weight is 238 g/mol. The number of ketones is 1. The van der Waals surface area contributed by atoms with Crippen molar-refractivity contribution in [2.75, 3.05) is 0 Å². The van der Waals surface area contributed by atoms with Crippen LogP contribution in [0, 0.1) is 11.8 Å². The number of carbonyl (C=O) groups excluding carboxylic acids is 2. The van der Waals surface area contributed by atoms with Gasteiger partial charge in [0.2, 0.25) is 6.29 Å². The van der Waals surface area contributed by atoms with Gasteiger partial charge >= 0.3 is 5.97 Å². The average Bonchev–Trinajstić information content (AvgIpc) is 2.58. The first-order chi connectivity index (χ1) is 7.99. The van der Waals surface area contributed by atoms with E-state index in [4.69, 9.17) is 9.47 Å². The molecule has 0 spiro atoms. The van der Waals surface area contributed by atoms with E-state index in [2.05, 4.69) is 13.8 Å². The Morgan fingerprint density at radius 2 is 2.12 bits per heavy atom. The van der Waals surface area contributed by atoms with Gasteiger partial charge in [-0.15, -0.1) is 0 Å². The zero-order valence-corrected chi connectivity index (χ0v) is 10.5. The van der Waals surface area contributed by atoms with Crippen LogP contribution in [0.2, 0.25) is 0 Å². The number of Topliss-reactive ketones (excluding diaryl/α,β-unsaturated/α-hetero) is 1. The Hall–Kier alpha value is -1.32. The van der Waals surface area contributed by atoms with Crippen LogP contribution in [0.15, 0.2) is 11.3 Å². The molecule has 4 nitrogen and oxygen atoms in total.